The van der Waals surface area contributed by atoms with Gasteiger partial charge in [0, 0.05) is 11.1 Å². The molecule has 3 heteroatoms. The van der Waals surface area contributed by atoms with Gasteiger partial charge in [-0.1, -0.05) is 12.1 Å². The number of hydrogen-bond acceptors (Lipinski definition) is 3. The van der Waals surface area contributed by atoms with Crippen molar-refractivity contribution in [3.63, 3.8) is 0 Å². The summed E-state index contributed by atoms with van der Waals surface area (Å²) in [5, 5.41) is 9.79. The zero-order chi connectivity index (χ0) is 12.3. The van der Waals surface area contributed by atoms with Crippen LogP contribution in [0.3, 0.4) is 0 Å². The van der Waals surface area contributed by atoms with E-state index in [1.54, 1.807) is 18.2 Å². The van der Waals surface area contributed by atoms with Crippen LogP contribution in [0.2, 0.25) is 0 Å². The van der Waals surface area contributed by atoms with Gasteiger partial charge < -0.3 is 9.84 Å². The molecule has 0 radical (unpaired) electrons. The van der Waals surface area contributed by atoms with Crippen LogP contribution in [0.5, 0.6) is 0 Å². The maximum atomic E-state index is 11.2. The third-order valence-corrected chi connectivity index (χ3v) is 2.34. The van der Waals surface area contributed by atoms with E-state index in [1.165, 1.54) is 6.92 Å². The van der Waals surface area contributed by atoms with Crippen LogP contribution in [0.25, 0.3) is 0 Å². The van der Waals surface area contributed by atoms with Crippen LogP contribution in [-0.2, 0) is 4.74 Å². The smallest absolute Gasteiger partial charge is 0.181 e. The van der Waals surface area contributed by atoms with E-state index in [9.17, 15) is 9.90 Å². The highest BCUT2D eigenvalue weighted by Crippen LogP contribution is 2.21. The number of carbonyl (C=O) groups is 1. The van der Waals surface area contributed by atoms with Crippen molar-refractivity contribution in [1.82, 2.24) is 0 Å². The molecule has 0 aliphatic rings. The Morgan fingerprint density at radius 2 is 2.00 bits per heavy atom. The predicted molar refractivity (Wildman–Crippen MR) is 62.4 cm³/mol. The Labute approximate surface area is 96.1 Å². The molecule has 1 aromatic carbocycles. The predicted octanol–water partition coefficient (Wildman–Crippen LogP) is 2.61. The van der Waals surface area contributed by atoms with E-state index in [1.807, 2.05) is 20.8 Å². The van der Waals surface area contributed by atoms with Crippen LogP contribution in [0.15, 0.2) is 18.2 Å². The molecule has 0 heterocycles. The fourth-order valence-corrected chi connectivity index (χ4v) is 1.50. The molecule has 1 aromatic rings. The van der Waals surface area contributed by atoms with Crippen molar-refractivity contribution in [3.8, 4) is 0 Å². The van der Waals surface area contributed by atoms with Gasteiger partial charge in [-0.3, -0.25) is 4.79 Å². The van der Waals surface area contributed by atoms with E-state index in [0.29, 0.717) is 11.1 Å². The van der Waals surface area contributed by atoms with Gasteiger partial charge in [-0.15, -0.1) is 0 Å². The summed E-state index contributed by atoms with van der Waals surface area (Å²) >= 11 is 0. The fourth-order valence-electron chi connectivity index (χ4n) is 1.50. The summed E-state index contributed by atoms with van der Waals surface area (Å²) in [5.41, 5.74) is 2.22. The largest absolute Gasteiger partial charge is 0.364 e. The highest BCUT2D eigenvalue weighted by Gasteiger charge is 2.13. The first-order valence-corrected chi connectivity index (χ1v) is 5.37. The van der Waals surface area contributed by atoms with E-state index in [-0.39, 0.29) is 11.9 Å². The first kappa shape index (κ1) is 12.9. The zero-order valence-corrected chi connectivity index (χ0v) is 10.2. The summed E-state index contributed by atoms with van der Waals surface area (Å²) in [6, 6.07) is 5.21. The molecule has 0 saturated carbocycles. The minimum absolute atomic E-state index is 0.0221. The molecule has 0 amide bonds. The van der Waals surface area contributed by atoms with Crippen molar-refractivity contribution >= 4 is 5.78 Å². The molecule has 0 fully saturated rings. The number of carbonyl (C=O) groups excluding carboxylic acids is 1. The van der Waals surface area contributed by atoms with E-state index in [4.69, 9.17) is 4.74 Å². The molecule has 0 aliphatic carbocycles. The molecule has 0 aromatic heterocycles. The zero-order valence-electron chi connectivity index (χ0n) is 10.2. The maximum absolute atomic E-state index is 11.2. The number of ether oxygens (including phenoxy) is 1. The number of Topliss-reactive ketones (excluding diaryl/α,β-unsaturated/α-hetero) is 1. The first-order valence-electron chi connectivity index (χ1n) is 5.37. The average Bonchev–Trinajstić information content (AvgIpc) is 2.15. The van der Waals surface area contributed by atoms with Crippen LogP contribution in [0.4, 0.5) is 0 Å². The summed E-state index contributed by atoms with van der Waals surface area (Å²) in [5.74, 6) is 0.0221. The Hall–Kier alpha value is -1.19. The normalized spacial score (nSPS) is 12.9. The van der Waals surface area contributed by atoms with Crippen molar-refractivity contribution in [2.45, 2.75) is 40.1 Å². The lowest BCUT2D eigenvalue weighted by Crippen LogP contribution is -2.11. The van der Waals surface area contributed by atoms with Crippen molar-refractivity contribution < 1.29 is 14.6 Å². The third kappa shape index (κ3) is 3.15. The van der Waals surface area contributed by atoms with E-state index < -0.39 is 6.29 Å². The molecule has 3 nitrogen and oxygen atoms in total. The second kappa shape index (κ2) is 5.23. The van der Waals surface area contributed by atoms with Crippen LogP contribution < -0.4 is 0 Å². The molecule has 16 heavy (non-hydrogen) atoms. The van der Waals surface area contributed by atoms with Gasteiger partial charge in [-0.2, -0.15) is 0 Å². The minimum atomic E-state index is -0.930. The Morgan fingerprint density at radius 1 is 1.38 bits per heavy atom. The van der Waals surface area contributed by atoms with Gasteiger partial charge in [0.15, 0.2) is 12.1 Å². The van der Waals surface area contributed by atoms with Crippen molar-refractivity contribution in [1.29, 1.82) is 0 Å². The van der Waals surface area contributed by atoms with Gasteiger partial charge in [-0.05, 0) is 39.3 Å². The molecule has 88 valence electrons. The van der Waals surface area contributed by atoms with Gasteiger partial charge in [0.25, 0.3) is 0 Å². The minimum Gasteiger partial charge on any atom is -0.364 e. The highest BCUT2D eigenvalue weighted by molar-refractivity contribution is 5.94. The number of aliphatic hydroxyl groups is 1. The van der Waals surface area contributed by atoms with Crippen molar-refractivity contribution in [2.24, 2.45) is 0 Å². The van der Waals surface area contributed by atoms with Gasteiger partial charge in [0.2, 0.25) is 0 Å². The van der Waals surface area contributed by atoms with E-state index in [2.05, 4.69) is 0 Å². The molecule has 0 bridgehead atoms. The monoisotopic (exact) mass is 222 g/mol. The number of aliphatic hydroxyl groups excluding tert-OH is 1. The fraction of sp³-hybridized carbons (Fsp3) is 0.462. The van der Waals surface area contributed by atoms with E-state index in [0.717, 1.165) is 5.56 Å². The number of benzene rings is 1. The molecular weight excluding hydrogens is 204 g/mol. The summed E-state index contributed by atoms with van der Waals surface area (Å²) in [4.78, 5) is 11.2. The lowest BCUT2D eigenvalue weighted by atomic mass is 10.0. The Kier molecular flexibility index (Phi) is 4.21. The molecule has 0 saturated heterocycles. The van der Waals surface area contributed by atoms with Gasteiger partial charge in [-0.25, -0.2) is 0 Å². The lowest BCUT2D eigenvalue weighted by molar-refractivity contribution is -0.129. The second-order valence-electron chi connectivity index (χ2n) is 4.16. The molecule has 1 unspecified atom stereocenters. The third-order valence-electron chi connectivity index (χ3n) is 2.34. The number of ketones is 1. The van der Waals surface area contributed by atoms with Crippen LogP contribution in [0.1, 0.15) is 48.5 Å². The highest BCUT2D eigenvalue weighted by atomic mass is 16.6. The Balaban J connectivity index is 2.94. The number of aryl methyl sites for hydroxylation is 1. The SMILES string of the molecule is CC(=O)c1ccc(C(O)OC(C)C)c(C)c1. The number of hydrogen-bond donors (Lipinski definition) is 1. The first-order chi connectivity index (χ1) is 7.41. The summed E-state index contributed by atoms with van der Waals surface area (Å²) < 4.78 is 5.29. The van der Waals surface area contributed by atoms with Crippen LogP contribution in [-0.4, -0.2) is 17.0 Å². The van der Waals surface area contributed by atoms with Crippen molar-refractivity contribution in [2.75, 3.05) is 0 Å². The summed E-state index contributed by atoms with van der Waals surface area (Å²) in [7, 11) is 0. The summed E-state index contributed by atoms with van der Waals surface area (Å²) in [6.45, 7) is 7.11. The second-order valence-corrected chi connectivity index (χ2v) is 4.16. The Bertz CT molecular complexity index is 383. The van der Waals surface area contributed by atoms with Crippen LogP contribution >= 0.6 is 0 Å². The maximum Gasteiger partial charge on any atom is 0.181 e. The van der Waals surface area contributed by atoms with Gasteiger partial charge in [0.1, 0.15) is 0 Å². The van der Waals surface area contributed by atoms with Crippen LogP contribution in [0, 0.1) is 6.92 Å². The van der Waals surface area contributed by atoms with E-state index >= 15 is 0 Å². The summed E-state index contributed by atoms with van der Waals surface area (Å²) in [6.07, 6.45) is -0.970. The molecule has 0 spiro atoms. The molecule has 1 atom stereocenters. The quantitative estimate of drug-likeness (QED) is 0.629. The molecular formula is C13H18O3. The van der Waals surface area contributed by atoms with Gasteiger partial charge in [0.05, 0.1) is 6.10 Å². The lowest BCUT2D eigenvalue weighted by Gasteiger charge is -2.17. The van der Waals surface area contributed by atoms with Crippen molar-refractivity contribution in [3.05, 3.63) is 34.9 Å². The molecule has 1 N–H and O–H groups in total. The Morgan fingerprint density at radius 3 is 2.44 bits per heavy atom. The van der Waals surface area contributed by atoms with Gasteiger partial charge >= 0.3 is 0 Å². The number of rotatable bonds is 4. The standard InChI is InChI=1S/C13H18O3/c1-8(2)16-13(15)12-6-5-11(10(4)14)7-9(12)3/h5-8,13,15H,1-4H3. The molecule has 0 aliphatic heterocycles. The topological polar surface area (TPSA) is 46.5 Å². The molecule has 1 rings (SSSR count). The average molecular weight is 222 g/mol.